The van der Waals surface area contributed by atoms with E-state index in [1.165, 1.54) is 11.1 Å². The van der Waals surface area contributed by atoms with E-state index in [2.05, 4.69) is 15.0 Å². The highest BCUT2D eigenvalue weighted by molar-refractivity contribution is 6.07. The minimum atomic E-state index is -5.76. The zero-order valence-corrected chi connectivity index (χ0v) is 14.5. The normalized spacial score (nSPS) is 14.8. The van der Waals surface area contributed by atoms with Crippen LogP contribution in [0.2, 0.25) is 0 Å². The Morgan fingerprint density at radius 2 is 1.83 bits per heavy atom. The van der Waals surface area contributed by atoms with Crippen molar-refractivity contribution < 1.29 is 31.2 Å². The number of fused-ring (bicyclic) bond motifs is 1. The van der Waals surface area contributed by atoms with Crippen molar-refractivity contribution in [2.24, 2.45) is 0 Å². The minimum absolute atomic E-state index is 0.0205. The van der Waals surface area contributed by atoms with Gasteiger partial charge in [-0.05, 0) is 30.2 Å². The summed E-state index contributed by atoms with van der Waals surface area (Å²) in [5.41, 5.74) is -0.314. The second kappa shape index (κ2) is 6.61. The number of rotatable bonds is 3. The van der Waals surface area contributed by atoms with Crippen LogP contribution in [-0.4, -0.2) is 33.6 Å². The molecule has 0 aliphatic carbocycles. The first-order valence-electron chi connectivity index (χ1n) is 8.31. The fraction of sp³-hybridized carbons (Fsp3) is 0.222. The van der Waals surface area contributed by atoms with Crippen molar-refractivity contribution in [1.29, 1.82) is 0 Å². The monoisotopic (exact) mass is 410 g/mol. The molecular formula is C18H11F5N4O2. The molecule has 0 radical (unpaired) electrons. The van der Waals surface area contributed by atoms with Gasteiger partial charge in [0.2, 0.25) is 0 Å². The van der Waals surface area contributed by atoms with Crippen molar-refractivity contribution in [3.63, 3.8) is 0 Å². The lowest BCUT2D eigenvalue weighted by Crippen LogP contribution is -2.38. The smallest absolute Gasteiger partial charge is 0.441 e. The van der Waals surface area contributed by atoms with Crippen LogP contribution in [0, 0.1) is 0 Å². The number of carbonyl (C=O) groups excluding carboxylic acids is 1. The molecule has 4 rings (SSSR count). The van der Waals surface area contributed by atoms with Gasteiger partial charge in [0.25, 0.3) is 5.91 Å². The van der Waals surface area contributed by atoms with Gasteiger partial charge in [-0.1, -0.05) is 6.07 Å². The van der Waals surface area contributed by atoms with E-state index in [9.17, 15) is 26.7 Å². The summed E-state index contributed by atoms with van der Waals surface area (Å²) in [4.78, 5) is 25.4. The molecule has 0 spiro atoms. The largest absolute Gasteiger partial charge is 0.459 e. The van der Waals surface area contributed by atoms with Gasteiger partial charge in [-0.3, -0.25) is 19.7 Å². The Balaban J connectivity index is 1.67. The summed E-state index contributed by atoms with van der Waals surface area (Å²) in [5.74, 6) is -5.39. The van der Waals surface area contributed by atoms with Crippen molar-refractivity contribution >= 4 is 11.7 Å². The molecule has 150 valence electrons. The summed E-state index contributed by atoms with van der Waals surface area (Å²) >= 11 is 0. The molecule has 1 amide bonds. The van der Waals surface area contributed by atoms with Crippen LogP contribution in [0.4, 0.5) is 27.8 Å². The Kier molecular flexibility index (Phi) is 4.32. The molecule has 0 fully saturated rings. The molecule has 4 heterocycles. The maximum Gasteiger partial charge on any atom is 0.459 e. The molecule has 6 nitrogen and oxygen atoms in total. The zero-order chi connectivity index (χ0) is 20.8. The van der Waals surface area contributed by atoms with Crippen molar-refractivity contribution in [1.82, 2.24) is 15.0 Å². The number of pyridine rings is 2. The lowest BCUT2D eigenvalue weighted by atomic mass is 10.0. The number of carbonyl (C=O) groups is 1. The molecule has 29 heavy (non-hydrogen) atoms. The summed E-state index contributed by atoms with van der Waals surface area (Å²) in [7, 11) is 0. The second-order valence-electron chi connectivity index (χ2n) is 6.23. The third kappa shape index (κ3) is 3.12. The molecule has 0 atom stereocenters. The Morgan fingerprint density at radius 3 is 2.52 bits per heavy atom. The van der Waals surface area contributed by atoms with Gasteiger partial charge in [-0.25, -0.2) is 0 Å². The highest BCUT2D eigenvalue weighted by atomic mass is 19.4. The van der Waals surface area contributed by atoms with Crippen LogP contribution in [0.15, 0.2) is 47.5 Å². The van der Waals surface area contributed by atoms with Crippen LogP contribution in [0.3, 0.4) is 0 Å². The average molecular weight is 410 g/mol. The number of hydrogen-bond donors (Lipinski definition) is 0. The molecule has 3 aromatic heterocycles. The van der Waals surface area contributed by atoms with E-state index in [1.807, 2.05) is 0 Å². The fourth-order valence-corrected chi connectivity index (χ4v) is 2.99. The number of anilines is 1. The van der Waals surface area contributed by atoms with Gasteiger partial charge in [0.05, 0.1) is 0 Å². The van der Waals surface area contributed by atoms with Crippen LogP contribution in [0.1, 0.15) is 21.7 Å². The van der Waals surface area contributed by atoms with Gasteiger partial charge in [0, 0.05) is 24.5 Å². The van der Waals surface area contributed by atoms with E-state index >= 15 is 0 Å². The number of oxazole rings is 1. The predicted molar refractivity (Wildman–Crippen MR) is 89.3 cm³/mol. The second-order valence-corrected chi connectivity index (χ2v) is 6.23. The van der Waals surface area contributed by atoms with Crippen LogP contribution in [-0.2, 0) is 12.3 Å². The van der Waals surface area contributed by atoms with Gasteiger partial charge in [-0.2, -0.15) is 26.9 Å². The maximum atomic E-state index is 13.4. The highest BCUT2D eigenvalue weighted by Gasteiger charge is 2.59. The van der Waals surface area contributed by atoms with Crippen molar-refractivity contribution in [2.75, 3.05) is 11.4 Å². The lowest BCUT2D eigenvalue weighted by molar-refractivity contribution is -0.290. The van der Waals surface area contributed by atoms with Crippen molar-refractivity contribution in [2.45, 2.75) is 18.5 Å². The summed E-state index contributed by atoms with van der Waals surface area (Å²) < 4.78 is 69.6. The van der Waals surface area contributed by atoms with Crippen LogP contribution < -0.4 is 4.90 Å². The molecule has 1 aliphatic heterocycles. The van der Waals surface area contributed by atoms with Gasteiger partial charge in [0.15, 0.2) is 18.0 Å². The quantitative estimate of drug-likeness (QED) is 0.611. The van der Waals surface area contributed by atoms with Crippen LogP contribution >= 0.6 is 0 Å². The van der Waals surface area contributed by atoms with Crippen LogP contribution in [0.5, 0.6) is 0 Å². The molecular weight excluding hydrogens is 399 g/mol. The van der Waals surface area contributed by atoms with Gasteiger partial charge in [0.1, 0.15) is 11.4 Å². The Bertz CT molecular complexity index is 1060. The SMILES string of the molecule is O=C1c2ncccc2CCN1c1ncoc1-c1ccc(C(F)(F)C(F)(F)F)nc1. The molecule has 0 saturated heterocycles. The summed E-state index contributed by atoms with van der Waals surface area (Å²) in [6.45, 7) is 0.273. The lowest BCUT2D eigenvalue weighted by Gasteiger charge is -2.26. The van der Waals surface area contributed by atoms with E-state index in [0.717, 1.165) is 24.2 Å². The Labute approximate surface area is 160 Å². The van der Waals surface area contributed by atoms with Crippen LogP contribution in [0.25, 0.3) is 11.3 Å². The molecule has 11 heteroatoms. The van der Waals surface area contributed by atoms with Crippen molar-refractivity contribution in [3.8, 4) is 11.3 Å². The van der Waals surface area contributed by atoms with E-state index in [1.54, 1.807) is 12.1 Å². The topological polar surface area (TPSA) is 72.1 Å². The standard InChI is InChI=1S/C18H11F5N4O2/c19-17(20,18(21,22)23)12-4-3-11(8-25-12)14-15(26-9-29-14)27-7-5-10-2-1-6-24-13(10)16(27)28/h1-4,6,8-9H,5,7H2. The molecule has 0 N–H and O–H groups in total. The first kappa shape index (κ1) is 19.0. The number of aromatic nitrogens is 3. The zero-order valence-electron chi connectivity index (χ0n) is 14.5. The van der Waals surface area contributed by atoms with E-state index in [0.29, 0.717) is 12.5 Å². The minimum Gasteiger partial charge on any atom is -0.441 e. The van der Waals surface area contributed by atoms with E-state index < -0.39 is 23.7 Å². The third-order valence-corrected chi connectivity index (χ3v) is 4.45. The van der Waals surface area contributed by atoms with Gasteiger partial charge in [-0.15, -0.1) is 0 Å². The number of halogens is 5. The van der Waals surface area contributed by atoms with Gasteiger partial charge < -0.3 is 4.42 Å². The number of alkyl halides is 5. The molecule has 0 unspecified atom stereocenters. The molecule has 3 aromatic rings. The highest BCUT2D eigenvalue weighted by Crippen LogP contribution is 2.43. The molecule has 0 saturated carbocycles. The van der Waals surface area contributed by atoms with Gasteiger partial charge >= 0.3 is 12.1 Å². The summed E-state index contributed by atoms with van der Waals surface area (Å²) in [6.07, 6.45) is -1.91. The molecule has 1 aliphatic rings. The first-order valence-corrected chi connectivity index (χ1v) is 8.31. The van der Waals surface area contributed by atoms with E-state index in [4.69, 9.17) is 4.42 Å². The number of hydrogen-bond acceptors (Lipinski definition) is 5. The first-order chi connectivity index (χ1) is 13.7. The number of amides is 1. The molecule has 0 aromatic carbocycles. The fourth-order valence-electron chi connectivity index (χ4n) is 2.99. The summed E-state index contributed by atoms with van der Waals surface area (Å²) in [5, 5.41) is 0. The molecule has 0 bridgehead atoms. The van der Waals surface area contributed by atoms with Crippen molar-refractivity contribution in [3.05, 3.63) is 60.0 Å². The number of nitrogens with zero attached hydrogens (tertiary/aromatic N) is 4. The predicted octanol–water partition coefficient (Wildman–Crippen LogP) is 3.99. The van der Waals surface area contributed by atoms with E-state index in [-0.39, 0.29) is 29.4 Å². The Hall–Kier alpha value is -3.37. The Morgan fingerprint density at radius 1 is 1.03 bits per heavy atom. The third-order valence-electron chi connectivity index (χ3n) is 4.45. The summed E-state index contributed by atoms with van der Waals surface area (Å²) in [6, 6.07) is 5.06. The maximum absolute atomic E-state index is 13.4. The average Bonchev–Trinajstić information content (AvgIpc) is 3.17.